The molecule has 0 saturated heterocycles. The number of rotatable bonds is 11. The van der Waals surface area contributed by atoms with E-state index in [1.165, 1.54) is 0 Å². The van der Waals surface area contributed by atoms with Gasteiger partial charge >= 0.3 is 0 Å². The predicted molar refractivity (Wildman–Crippen MR) is 127 cm³/mol. The second-order valence-electron chi connectivity index (χ2n) is 8.11. The molecule has 2 heterocycles. The van der Waals surface area contributed by atoms with Crippen LogP contribution in [0.15, 0.2) is 48.5 Å². The Labute approximate surface area is 194 Å². The normalized spacial score (nSPS) is 15.1. The van der Waals surface area contributed by atoms with Crippen molar-refractivity contribution in [3.63, 3.8) is 0 Å². The van der Waals surface area contributed by atoms with Gasteiger partial charge < -0.3 is 19.1 Å². The molecule has 0 aliphatic carbocycles. The second kappa shape index (κ2) is 10.5. The lowest BCUT2D eigenvalue weighted by atomic mass is 9.96. The van der Waals surface area contributed by atoms with Crippen LogP contribution in [0.2, 0.25) is 0 Å². The Morgan fingerprint density at radius 3 is 2.58 bits per heavy atom. The van der Waals surface area contributed by atoms with E-state index >= 15 is 0 Å². The Morgan fingerprint density at radius 1 is 1.03 bits per heavy atom. The number of hydrogen-bond donors (Lipinski definition) is 1. The molecule has 0 saturated carbocycles. The highest BCUT2D eigenvalue weighted by atomic mass is 16.5. The van der Waals surface area contributed by atoms with Gasteiger partial charge in [-0.1, -0.05) is 25.5 Å². The van der Waals surface area contributed by atoms with E-state index in [-0.39, 0.29) is 11.9 Å². The van der Waals surface area contributed by atoms with Gasteiger partial charge in [-0.15, -0.1) is 0 Å². The fraction of sp³-hybridized carbons (Fsp3) is 0.385. The summed E-state index contributed by atoms with van der Waals surface area (Å²) in [5.74, 6) is 1.54. The van der Waals surface area contributed by atoms with Gasteiger partial charge in [-0.3, -0.25) is 9.89 Å². The molecule has 0 radical (unpaired) electrons. The number of unbranched alkanes of at least 4 members (excludes halogenated alkanes) is 1. The molecule has 1 N–H and O–H groups in total. The van der Waals surface area contributed by atoms with Crippen molar-refractivity contribution in [2.75, 3.05) is 34.0 Å². The van der Waals surface area contributed by atoms with Gasteiger partial charge in [0.1, 0.15) is 17.2 Å². The average molecular weight is 450 g/mol. The Balaban J connectivity index is 1.74. The number of fused-ring (bicyclic) bond motifs is 1. The van der Waals surface area contributed by atoms with Crippen molar-refractivity contribution in [3.8, 4) is 22.8 Å². The maximum absolute atomic E-state index is 13.4. The Hall–Kier alpha value is -3.32. The largest absolute Gasteiger partial charge is 0.497 e. The van der Waals surface area contributed by atoms with E-state index in [9.17, 15) is 4.79 Å². The quantitative estimate of drug-likeness (QED) is 0.424. The van der Waals surface area contributed by atoms with Gasteiger partial charge in [0.2, 0.25) is 0 Å². The minimum absolute atomic E-state index is 0.0457. The zero-order valence-electron chi connectivity index (χ0n) is 19.5. The first kappa shape index (κ1) is 22.9. The van der Waals surface area contributed by atoms with E-state index in [1.54, 1.807) is 14.2 Å². The molecule has 0 spiro atoms. The van der Waals surface area contributed by atoms with Gasteiger partial charge in [-0.25, -0.2) is 0 Å². The SMILES string of the molecule is CCCCOc1cccc(C2c3c(-c4ccc(OC)cc4)n[nH]c3C(=O)N2CCCOC)c1. The molecule has 1 unspecified atom stereocenters. The van der Waals surface area contributed by atoms with E-state index < -0.39 is 0 Å². The molecule has 1 atom stereocenters. The van der Waals surface area contributed by atoms with Crippen LogP contribution in [-0.2, 0) is 4.74 Å². The van der Waals surface area contributed by atoms with E-state index in [0.29, 0.717) is 25.5 Å². The van der Waals surface area contributed by atoms with Crippen molar-refractivity contribution < 1.29 is 19.0 Å². The molecule has 2 aromatic carbocycles. The number of aromatic amines is 1. The number of aromatic nitrogens is 2. The third kappa shape index (κ3) is 4.73. The van der Waals surface area contributed by atoms with Crippen LogP contribution in [0, 0.1) is 0 Å². The zero-order valence-corrected chi connectivity index (χ0v) is 19.5. The third-order valence-electron chi connectivity index (χ3n) is 5.92. The van der Waals surface area contributed by atoms with E-state index in [2.05, 4.69) is 17.1 Å². The number of carbonyl (C=O) groups excluding carboxylic acids is 1. The van der Waals surface area contributed by atoms with Crippen molar-refractivity contribution in [3.05, 3.63) is 65.4 Å². The third-order valence-corrected chi connectivity index (χ3v) is 5.92. The molecule has 1 aromatic heterocycles. The summed E-state index contributed by atoms with van der Waals surface area (Å²) in [7, 11) is 3.32. The fourth-order valence-electron chi connectivity index (χ4n) is 4.23. The molecule has 174 valence electrons. The van der Waals surface area contributed by atoms with Gasteiger partial charge in [0.15, 0.2) is 0 Å². The van der Waals surface area contributed by atoms with Crippen LogP contribution in [0.1, 0.15) is 53.8 Å². The molecule has 1 amide bonds. The molecular formula is C26H31N3O4. The molecule has 4 rings (SSSR count). The highest BCUT2D eigenvalue weighted by Gasteiger charge is 2.42. The number of nitrogens with zero attached hydrogens (tertiary/aromatic N) is 2. The number of H-pyrrole nitrogens is 1. The van der Waals surface area contributed by atoms with E-state index in [4.69, 9.17) is 14.2 Å². The standard InChI is InChI=1S/C26H31N3O4/c1-4-5-16-33-21-9-6-8-19(17-21)25-22-23(18-10-12-20(32-3)13-11-18)27-28-24(22)26(30)29(25)14-7-15-31-2/h6,8-13,17,25H,4-5,7,14-16H2,1-3H3,(H,27,28). The first-order valence-corrected chi connectivity index (χ1v) is 11.4. The molecule has 1 aliphatic rings. The zero-order chi connectivity index (χ0) is 23.2. The highest BCUT2D eigenvalue weighted by molar-refractivity contribution is 6.00. The number of nitrogens with one attached hydrogen (secondary N) is 1. The Bertz CT molecular complexity index is 1080. The van der Waals surface area contributed by atoms with Gasteiger partial charge in [0, 0.05) is 31.4 Å². The maximum Gasteiger partial charge on any atom is 0.273 e. The number of hydrogen-bond acceptors (Lipinski definition) is 5. The van der Waals surface area contributed by atoms with Crippen LogP contribution >= 0.6 is 0 Å². The average Bonchev–Trinajstić information content (AvgIpc) is 3.39. The second-order valence-corrected chi connectivity index (χ2v) is 8.11. The van der Waals surface area contributed by atoms with E-state index in [0.717, 1.165) is 53.1 Å². The molecule has 33 heavy (non-hydrogen) atoms. The van der Waals surface area contributed by atoms with Crippen LogP contribution in [0.4, 0.5) is 0 Å². The summed E-state index contributed by atoms with van der Waals surface area (Å²) >= 11 is 0. The number of methoxy groups -OCH3 is 2. The topological polar surface area (TPSA) is 76.7 Å². The van der Waals surface area contributed by atoms with Crippen molar-refractivity contribution in [1.29, 1.82) is 0 Å². The molecule has 3 aromatic rings. The molecule has 0 fully saturated rings. The van der Waals surface area contributed by atoms with Crippen molar-refractivity contribution >= 4 is 5.91 Å². The smallest absolute Gasteiger partial charge is 0.273 e. The first-order valence-electron chi connectivity index (χ1n) is 11.4. The van der Waals surface area contributed by atoms with Crippen LogP contribution in [-0.4, -0.2) is 55.0 Å². The lowest BCUT2D eigenvalue weighted by Gasteiger charge is -2.26. The Kier molecular flexibility index (Phi) is 7.29. The summed E-state index contributed by atoms with van der Waals surface area (Å²) in [6.07, 6.45) is 2.83. The van der Waals surface area contributed by atoms with Crippen LogP contribution < -0.4 is 9.47 Å². The monoisotopic (exact) mass is 449 g/mol. The summed E-state index contributed by atoms with van der Waals surface area (Å²) in [4.78, 5) is 15.3. The summed E-state index contributed by atoms with van der Waals surface area (Å²) in [5, 5.41) is 7.54. The van der Waals surface area contributed by atoms with Crippen molar-refractivity contribution in [1.82, 2.24) is 15.1 Å². The summed E-state index contributed by atoms with van der Waals surface area (Å²) in [5.41, 5.74) is 4.15. The highest BCUT2D eigenvalue weighted by Crippen LogP contribution is 2.43. The van der Waals surface area contributed by atoms with Gasteiger partial charge in [-0.05, 0) is 54.8 Å². The summed E-state index contributed by atoms with van der Waals surface area (Å²) in [6, 6.07) is 15.5. The van der Waals surface area contributed by atoms with Crippen LogP contribution in [0.25, 0.3) is 11.3 Å². The fourth-order valence-corrected chi connectivity index (χ4v) is 4.23. The first-order chi connectivity index (χ1) is 16.2. The van der Waals surface area contributed by atoms with E-state index in [1.807, 2.05) is 53.4 Å². The number of benzene rings is 2. The van der Waals surface area contributed by atoms with Gasteiger partial charge in [-0.2, -0.15) is 5.10 Å². The lowest BCUT2D eigenvalue weighted by molar-refractivity contribution is 0.0723. The number of ether oxygens (including phenoxy) is 3. The molecule has 7 nitrogen and oxygen atoms in total. The Morgan fingerprint density at radius 2 is 1.85 bits per heavy atom. The maximum atomic E-state index is 13.4. The minimum Gasteiger partial charge on any atom is -0.497 e. The molecule has 7 heteroatoms. The predicted octanol–water partition coefficient (Wildman–Crippen LogP) is 4.85. The number of amides is 1. The van der Waals surface area contributed by atoms with Crippen LogP contribution in [0.5, 0.6) is 11.5 Å². The molecule has 0 bridgehead atoms. The number of carbonyl (C=O) groups is 1. The van der Waals surface area contributed by atoms with Crippen LogP contribution in [0.3, 0.4) is 0 Å². The minimum atomic E-state index is -0.255. The van der Waals surface area contributed by atoms with Crippen molar-refractivity contribution in [2.45, 2.75) is 32.2 Å². The lowest BCUT2D eigenvalue weighted by Crippen LogP contribution is -2.31. The van der Waals surface area contributed by atoms with Crippen molar-refractivity contribution in [2.24, 2.45) is 0 Å². The summed E-state index contributed by atoms with van der Waals surface area (Å²) in [6.45, 7) is 4.00. The summed E-state index contributed by atoms with van der Waals surface area (Å²) < 4.78 is 16.5. The molecule has 1 aliphatic heterocycles. The molecular weight excluding hydrogens is 418 g/mol. The van der Waals surface area contributed by atoms with Gasteiger partial charge in [0.25, 0.3) is 5.91 Å². The van der Waals surface area contributed by atoms with Gasteiger partial charge in [0.05, 0.1) is 25.5 Å².